The Bertz CT molecular complexity index is 586. The molecule has 0 fully saturated rings. The van der Waals surface area contributed by atoms with Crippen LogP contribution in [0.3, 0.4) is 0 Å². The normalized spacial score (nSPS) is 10.5. The maximum atomic E-state index is 13.3. The minimum atomic E-state index is -0.331. The van der Waals surface area contributed by atoms with Crippen molar-refractivity contribution < 1.29 is 9.13 Å². The van der Waals surface area contributed by atoms with Gasteiger partial charge in [0.1, 0.15) is 11.6 Å². The molecule has 2 aromatic carbocycles. The first-order valence-electron chi connectivity index (χ1n) is 5.98. The number of hydrogen-bond donors (Lipinski definition) is 1. The first kappa shape index (κ1) is 13.8. The van der Waals surface area contributed by atoms with Crippen LogP contribution < -0.4 is 10.1 Å². The quantitative estimate of drug-likeness (QED) is 0.901. The molecule has 19 heavy (non-hydrogen) atoms. The fraction of sp³-hybridized carbons (Fsp3) is 0.200. The summed E-state index contributed by atoms with van der Waals surface area (Å²) in [6.45, 7) is 2.49. The van der Waals surface area contributed by atoms with Gasteiger partial charge in [-0.15, -0.1) is 0 Å². The monoisotopic (exact) mass is 279 g/mol. The Hall–Kier alpha value is -1.58. The van der Waals surface area contributed by atoms with Gasteiger partial charge in [0.2, 0.25) is 0 Å². The molecule has 1 N–H and O–H groups in total. The van der Waals surface area contributed by atoms with Crippen molar-refractivity contribution in [2.24, 2.45) is 0 Å². The lowest BCUT2D eigenvalue weighted by molar-refractivity contribution is 0.465. The van der Waals surface area contributed by atoms with Crippen LogP contribution in [-0.2, 0) is 6.54 Å². The second kappa shape index (κ2) is 6.04. The van der Waals surface area contributed by atoms with Gasteiger partial charge in [-0.3, -0.25) is 0 Å². The molecule has 0 aromatic heterocycles. The van der Waals surface area contributed by atoms with Crippen molar-refractivity contribution in [1.29, 1.82) is 0 Å². The van der Waals surface area contributed by atoms with Gasteiger partial charge in [-0.25, -0.2) is 4.39 Å². The second-order valence-electron chi connectivity index (χ2n) is 4.27. The molecule has 0 amide bonds. The van der Waals surface area contributed by atoms with Crippen LogP contribution >= 0.6 is 11.6 Å². The summed E-state index contributed by atoms with van der Waals surface area (Å²) in [7, 11) is 1.85. The van der Waals surface area contributed by atoms with E-state index in [1.165, 1.54) is 12.1 Å². The number of para-hydroxylation sites is 1. The van der Waals surface area contributed by atoms with E-state index in [0.29, 0.717) is 23.1 Å². The van der Waals surface area contributed by atoms with Crippen molar-refractivity contribution in [2.75, 3.05) is 7.05 Å². The van der Waals surface area contributed by atoms with Gasteiger partial charge >= 0.3 is 0 Å². The molecule has 0 aliphatic heterocycles. The summed E-state index contributed by atoms with van der Waals surface area (Å²) in [5.41, 5.74) is 1.79. The molecule has 0 aliphatic rings. The summed E-state index contributed by atoms with van der Waals surface area (Å²) in [5, 5.41) is 3.56. The van der Waals surface area contributed by atoms with Gasteiger partial charge in [-0.05, 0) is 31.7 Å². The van der Waals surface area contributed by atoms with Crippen molar-refractivity contribution in [3.05, 3.63) is 58.4 Å². The highest BCUT2D eigenvalue weighted by Gasteiger charge is 2.11. The Labute approximate surface area is 117 Å². The minimum absolute atomic E-state index is 0.331. The van der Waals surface area contributed by atoms with Crippen molar-refractivity contribution in [3.8, 4) is 11.5 Å². The Kier molecular flexibility index (Phi) is 4.40. The molecular weight excluding hydrogens is 265 g/mol. The van der Waals surface area contributed by atoms with Gasteiger partial charge in [-0.1, -0.05) is 29.8 Å². The van der Waals surface area contributed by atoms with Gasteiger partial charge in [0.15, 0.2) is 5.75 Å². The zero-order valence-corrected chi connectivity index (χ0v) is 11.6. The smallest absolute Gasteiger partial charge is 0.150 e. The Morgan fingerprint density at radius 1 is 1.26 bits per heavy atom. The molecule has 2 rings (SSSR count). The number of hydrogen-bond acceptors (Lipinski definition) is 2. The lowest BCUT2D eigenvalue weighted by atomic mass is 10.2. The molecular formula is C15H15ClFNO. The molecule has 2 nitrogen and oxygen atoms in total. The van der Waals surface area contributed by atoms with Gasteiger partial charge in [0.25, 0.3) is 0 Å². The molecule has 0 bridgehead atoms. The molecule has 2 aromatic rings. The average Bonchev–Trinajstić information content (AvgIpc) is 2.38. The third-order valence-corrected chi connectivity index (χ3v) is 3.08. The summed E-state index contributed by atoms with van der Waals surface area (Å²) in [6.07, 6.45) is 0. The van der Waals surface area contributed by atoms with Gasteiger partial charge in [0.05, 0.1) is 5.02 Å². The summed E-state index contributed by atoms with van der Waals surface area (Å²) in [4.78, 5) is 0. The fourth-order valence-electron chi connectivity index (χ4n) is 1.79. The molecule has 0 saturated heterocycles. The van der Waals surface area contributed by atoms with Crippen LogP contribution in [0.5, 0.6) is 11.5 Å². The minimum Gasteiger partial charge on any atom is -0.455 e. The maximum Gasteiger partial charge on any atom is 0.150 e. The summed E-state index contributed by atoms with van der Waals surface area (Å²) in [6, 6.07) is 9.99. The van der Waals surface area contributed by atoms with E-state index in [0.717, 1.165) is 11.1 Å². The van der Waals surface area contributed by atoms with E-state index in [-0.39, 0.29) is 5.82 Å². The highest BCUT2D eigenvalue weighted by atomic mass is 35.5. The number of benzene rings is 2. The predicted molar refractivity (Wildman–Crippen MR) is 75.4 cm³/mol. The molecule has 0 unspecified atom stereocenters. The summed E-state index contributed by atoms with van der Waals surface area (Å²) in [5.74, 6) is 0.709. The number of rotatable bonds is 4. The fourth-order valence-corrected chi connectivity index (χ4v) is 2.02. The van der Waals surface area contributed by atoms with Crippen LogP contribution in [0.2, 0.25) is 5.02 Å². The lowest BCUT2D eigenvalue weighted by Crippen LogP contribution is -2.06. The summed E-state index contributed by atoms with van der Waals surface area (Å²) >= 11 is 6.16. The number of ether oxygens (including phenoxy) is 1. The molecule has 0 radical (unpaired) electrons. The number of aryl methyl sites for hydroxylation is 1. The van der Waals surface area contributed by atoms with Crippen LogP contribution in [0, 0.1) is 12.7 Å². The number of nitrogens with one attached hydrogen (secondary N) is 1. The first-order chi connectivity index (χ1) is 9.11. The molecule has 0 saturated carbocycles. The highest BCUT2D eigenvalue weighted by Crippen LogP contribution is 2.34. The average molecular weight is 280 g/mol. The van der Waals surface area contributed by atoms with E-state index in [9.17, 15) is 4.39 Å². The summed E-state index contributed by atoms with van der Waals surface area (Å²) < 4.78 is 19.1. The van der Waals surface area contributed by atoms with Crippen LogP contribution in [0.1, 0.15) is 11.1 Å². The molecule has 0 heterocycles. The molecule has 100 valence electrons. The van der Waals surface area contributed by atoms with Crippen LogP contribution in [-0.4, -0.2) is 7.05 Å². The Morgan fingerprint density at radius 3 is 2.79 bits per heavy atom. The molecule has 0 spiro atoms. The third-order valence-electron chi connectivity index (χ3n) is 2.78. The first-order valence-corrected chi connectivity index (χ1v) is 6.35. The maximum absolute atomic E-state index is 13.3. The van der Waals surface area contributed by atoms with Crippen molar-refractivity contribution in [2.45, 2.75) is 13.5 Å². The van der Waals surface area contributed by atoms with Gasteiger partial charge < -0.3 is 10.1 Å². The van der Waals surface area contributed by atoms with Gasteiger partial charge in [0, 0.05) is 18.2 Å². The molecule has 0 atom stereocenters. The van der Waals surface area contributed by atoms with Gasteiger partial charge in [-0.2, -0.15) is 0 Å². The van der Waals surface area contributed by atoms with E-state index < -0.39 is 0 Å². The second-order valence-corrected chi connectivity index (χ2v) is 4.68. The highest BCUT2D eigenvalue weighted by molar-refractivity contribution is 6.32. The van der Waals surface area contributed by atoms with E-state index in [1.807, 2.05) is 26.1 Å². The van der Waals surface area contributed by atoms with E-state index in [1.54, 1.807) is 12.1 Å². The third kappa shape index (κ3) is 3.25. The molecule has 0 aliphatic carbocycles. The van der Waals surface area contributed by atoms with E-state index in [4.69, 9.17) is 16.3 Å². The Morgan fingerprint density at radius 2 is 2.05 bits per heavy atom. The topological polar surface area (TPSA) is 21.3 Å². The predicted octanol–water partition coefficient (Wildman–Crippen LogP) is 4.30. The van der Waals surface area contributed by atoms with Crippen molar-refractivity contribution in [1.82, 2.24) is 5.32 Å². The standard InChI is InChI=1S/C15H15ClFNO/c1-10-6-7-12(17)8-14(10)19-15-11(9-18-2)4-3-5-13(15)16/h3-8,18H,9H2,1-2H3. The molecule has 4 heteroatoms. The van der Waals surface area contributed by atoms with E-state index in [2.05, 4.69) is 5.32 Å². The van der Waals surface area contributed by atoms with Crippen molar-refractivity contribution >= 4 is 11.6 Å². The van der Waals surface area contributed by atoms with Crippen LogP contribution in [0.15, 0.2) is 36.4 Å². The van der Waals surface area contributed by atoms with Crippen LogP contribution in [0.25, 0.3) is 0 Å². The largest absolute Gasteiger partial charge is 0.455 e. The Balaban J connectivity index is 2.39. The van der Waals surface area contributed by atoms with Crippen molar-refractivity contribution in [3.63, 3.8) is 0 Å². The lowest BCUT2D eigenvalue weighted by Gasteiger charge is -2.14. The SMILES string of the molecule is CNCc1cccc(Cl)c1Oc1cc(F)ccc1C. The zero-order chi connectivity index (χ0) is 13.8. The zero-order valence-electron chi connectivity index (χ0n) is 10.8. The van der Waals surface area contributed by atoms with Crippen LogP contribution in [0.4, 0.5) is 4.39 Å². The van der Waals surface area contributed by atoms with E-state index >= 15 is 0 Å². The number of halogens is 2.